The van der Waals surface area contributed by atoms with Crippen LogP contribution in [0.5, 0.6) is 0 Å². The Balaban J connectivity index is 2.18. The minimum Gasteiger partial charge on any atom is -0.370 e. The van der Waals surface area contributed by atoms with Crippen molar-refractivity contribution in [2.45, 2.75) is 19.3 Å². The van der Waals surface area contributed by atoms with E-state index in [2.05, 4.69) is 5.32 Å². The third-order valence-electron chi connectivity index (χ3n) is 2.20. The van der Waals surface area contributed by atoms with Gasteiger partial charge in [0.1, 0.15) is 0 Å². The molecule has 0 aromatic carbocycles. The number of carbonyl (C=O) groups is 3. The van der Waals surface area contributed by atoms with Crippen molar-refractivity contribution in [2.75, 3.05) is 19.6 Å². The fraction of sp³-hybridized carbons (Fsp3) is 0.667. The first-order chi connectivity index (χ1) is 7.09. The SMILES string of the molecule is NC(=O)CCNC(=O)CN1CCCC1=O. The minimum atomic E-state index is -0.451. The molecule has 0 bridgehead atoms. The van der Waals surface area contributed by atoms with Gasteiger partial charge in [-0.3, -0.25) is 14.4 Å². The summed E-state index contributed by atoms with van der Waals surface area (Å²) in [6.07, 6.45) is 1.46. The highest BCUT2D eigenvalue weighted by atomic mass is 16.2. The molecule has 1 fully saturated rings. The molecule has 6 nitrogen and oxygen atoms in total. The molecule has 0 aliphatic carbocycles. The van der Waals surface area contributed by atoms with Crippen molar-refractivity contribution >= 4 is 17.7 Å². The summed E-state index contributed by atoms with van der Waals surface area (Å²) in [5.74, 6) is -0.681. The molecule has 0 radical (unpaired) electrons. The maximum atomic E-state index is 11.3. The second-order valence-corrected chi connectivity index (χ2v) is 3.49. The summed E-state index contributed by atoms with van der Waals surface area (Å²) >= 11 is 0. The van der Waals surface area contributed by atoms with Gasteiger partial charge in [-0.15, -0.1) is 0 Å². The fourth-order valence-electron chi connectivity index (χ4n) is 1.43. The lowest BCUT2D eigenvalue weighted by atomic mass is 10.4. The zero-order chi connectivity index (χ0) is 11.3. The summed E-state index contributed by atoms with van der Waals surface area (Å²) in [7, 11) is 0. The first kappa shape index (κ1) is 11.5. The number of hydrogen-bond acceptors (Lipinski definition) is 3. The Hall–Kier alpha value is -1.59. The predicted octanol–water partition coefficient (Wildman–Crippen LogP) is -1.40. The highest BCUT2D eigenvalue weighted by Crippen LogP contribution is 2.08. The van der Waals surface area contributed by atoms with E-state index in [1.165, 1.54) is 4.90 Å². The third kappa shape index (κ3) is 3.97. The molecule has 0 aromatic rings. The fourth-order valence-corrected chi connectivity index (χ4v) is 1.43. The molecule has 1 rings (SSSR count). The van der Waals surface area contributed by atoms with Crippen molar-refractivity contribution < 1.29 is 14.4 Å². The van der Waals surface area contributed by atoms with Crippen LogP contribution in [0.4, 0.5) is 0 Å². The van der Waals surface area contributed by atoms with Crippen LogP contribution in [0, 0.1) is 0 Å². The molecular weight excluding hydrogens is 198 g/mol. The smallest absolute Gasteiger partial charge is 0.239 e. The van der Waals surface area contributed by atoms with Gasteiger partial charge in [-0.1, -0.05) is 0 Å². The maximum Gasteiger partial charge on any atom is 0.239 e. The number of nitrogens with zero attached hydrogens (tertiary/aromatic N) is 1. The molecule has 6 heteroatoms. The Labute approximate surface area is 87.8 Å². The largest absolute Gasteiger partial charge is 0.370 e. The second-order valence-electron chi connectivity index (χ2n) is 3.49. The first-order valence-electron chi connectivity index (χ1n) is 4.92. The molecule has 0 unspecified atom stereocenters. The highest BCUT2D eigenvalue weighted by molar-refractivity contribution is 5.86. The van der Waals surface area contributed by atoms with Gasteiger partial charge in [0.05, 0.1) is 6.54 Å². The van der Waals surface area contributed by atoms with Crippen LogP contribution in [0.15, 0.2) is 0 Å². The van der Waals surface area contributed by atoms with Gasteiger partial charge in [0.15, 0.2) is 0 Å². The topological polar surface area (TPSA) is 92.5 Å². The Morgan fingerprint density at radius 2 is 2.20 bits per heavy atom. The molecule has 1 heterocycles. The quantitative estimate of drug-likeness (QED) is 0.588. The summed E-state index contributed by atoms with van der Waals surface area (Å²) in [4.78, 5) is 34.3. The number of nitrogens with two attached hydrogens (primary N) is 1. The lowest BCUT2D eigenvalue weighted by molar-refractivity contribution is -0.133. The van der Waals surface area contributed by atoms with Gasteiger partial charge in [-0.05, 0) is 6.42 Å². The molecule has 0 atom stereocenters. The molecule has 84 valence electrons. The van der Waals surface area contributed by atoms with Gasteiger partial charge in [-0.25, -0.2) is 0 Å². The molecule has 15 heavy (non-hydrogen) atoms. The van der Waals surface area contributed by atoms with Crippen molar-refractivity contribution in [1.82, 2.24) is 10.2 Å². The van der Waals surface area contributed by atoms with Crippen molar-refractivity contribution in [3.8, 4) is 0 Å². The van der Waals surface area contributed by atoms with Crippen LogP contribution in [-0.2, 0) is 14.4 Å². The van der Waals surface area contributed by atoms with Gasteiger partial charge >= 0.3 is 0 Å². The Kier molecular flexibility index (Phi) is 4.08. The molecule has 0 saturated carbocycles. The number of primary amides is 1. The van der Waals surface area contributed by atoms with Crippen molar-refractivity contribution in [2.24, 2.45) is 5.73 Å². The Bertz CT molecular complexity index is 278. The minimum absolute atomic E-state index is 0.0139. The van der Waals surface area contributed by atoms with Crippen molar-refractivity contribution in [3.63, 3.8) is 0 Å². The van der Waals surface area contributed by atoms with E-state index in [-0.39, 0.29) is 31.3 Å². The number of rotatable bonds is 5. The van der Waals surface area contributed by atoms with E-state index >= 15 is 0 Å². The second kappa shape index (κ2) is 5.33. The summed E-state index contributed by atoms with van der Waals surface area (Å²) in [6.45, 7) is 0.954. The van der Waals surface area contributed by atoms with Crippen LogP contribution in [0.2, 0.25) is 0 Å². The normalized spacial score (nSPS) is 15.5. The molecule has 1 aliphatic rings. The number of nitrogens with one attached hydrogen (secondary N) is 1. The Morgan fingerprint density at radius 3 is 2.73 bits per heavy atom. The van der Waals surface area contributed by atoms with Crippen molar-refractivity contribution in [1.29, 1.82) is 0 Å². The molecule has 3 N–H and O–H groups in total. The van der Waals surface area contributed by atoms with E-state index in [9.17, 15) is 14.4 Å². The summed E-state index contributed by atoms with van der Waals surface area (Å²) in [5.41, 5.74) is 4.91. The van der Waals surface area contributed by atoms with Gasteiger partial charge < -0.3 is 16.0 Å². The van der Waals surface area contributed by atoms with Crippen LogP contribution in [0.25, 0.3) is 0 Å². The predicted molar refractivity (Wildman–Crippen MR) is 52.6 cm³/mol. The number of hydrogen-bond donors (Lipinski definition) is 2. The molecule has 3 amide bonds. The standard InChI is InChI=1S/C9H15N3O3/c10-7(13)3-4-11-8(14)6-12-5-1-2-9(12)15/h1-6H2,(H2,10,13)(H,11,14). The number of carbonyl (C=O) groups excluding carboxylic acids is 3. The Morgan fingerprint density at radius 1 is 1.47 bits per heavy atom. The monoisotopic (exact) mass is 213 g/mol. The van der Waals surface area contributed by atoms with E-state index in [0.29, 0.717) is 13.0 Å². The number of likely N-dealkylation sites (tertiary alicyclic amines) is 1. The van der Waals surface area contributed by atoms with E-state index in [0.717, 1.165) is 6.42 Å². The first-order valence-corrected chi connectivity index (χ1v) is 4.92. The van der Waals surface area contributed by atoms with Crippen molar-refractivity contribution in [3.05, 3.63) is 0 Å². The molecule has 1 aliphatic heterocycles. The maximum absolute atomic E-state index is 11.3. The summed E-state index contributed by atoms with van der Waals surface area (Å²) in [5, 5.41) is 2.53. The van der Waals surface area contributed by atoms with Crippen LogP contribution < -0.4 is 11.1 Å². The van der Waals surface area contributed by atoms with Gasteiger partial charge in [-0.2, -0.15) is 0 Å². The van der Waals surface area contributed by atoms with E-state index in [1.807, 2.05) is 0 Å². The molecule has 1 saturated heterocycles. The van der Waals surface area contributed by atoms with Gasteiger partial charge in [0.2, 0.25) is 17.7 Å². The van der Waals surface area contributed by atoms with Crippen LogP contribution in [0.3, 0.4) is 0 Å². The number of amides is 3. The zero-order valence-electron chi connectivity index (χ0n) is 8.49. The van der Waals surface area contributed by atoms with Crippen LogP contribution in [-0.4, -0.2) is 42.3 Å². The highest BCUT2D eigenvalue weighted by Gasteiger charge is 2.21. The molecule has 0 aromatic heterocycles. The van der Waals surface area contributed by atoms with E-state index in [1.54, 1.807) is 0 Å². The average molecular weight is 213 g/mol. The van der Waals surface area contributed by atoms with Crippen LogP contribution >= 0.6 is 0 Å². The molecular formula is C9H15N3O3. The van der Waals surface area contributed by atoms with Gasteiger partial charge in [0, 0.05) is 25.9 Å². The summed E-state index contributed by atoms with van der Waals surface area (Å²) in [6, 6.07) is 0. The average Bonchev–Trinajstić information content (AvgIpc) is 2.51. The van der Waals surface area contributed by atoms with Gasteiger partial charge in [0.25, 0.3) is 0 Å². The summed E-state index contributed by atoms with van der Waals surface area (Å²) < 4.78 is 0. The van der Waals surface area contributed by atoms with Crippen LogP contribution in [0.1, 0.15) is 19.3 Å². The lowest BCUT2D eigenvalue weighted by Gasteiger charge is -2.14. The molecule has 0 spiro atoms. The van der Waals surface area contributed by atoms with E-state index in [4.69, 9.17) is 5.73 Å². The zero-order valence-corrected chi connectivity index (χ0v) is 8.49. The lowest BCUT2D eigenvalue weighted by Crippen LogP contribution is -2.38. The third-order valence-corrected chi connectivity index (χ3v) is 2.20. The van der Waals surface area contributed by atoms with E-state index < -0.39 is 5.91 Å².